The number of primary amides is 1. The lowest BCUT2D eigenvalue weighted by molar-refractivity contribution is -0.106. The first kappa shape index (κ1) is 13.4. The Hall–Kier alpha value is -0.610. The second kappa shape index (κ2) is 6.79. The van der Waals surface area contributed by atoms with Gasteiger partial charge in [0.2, 0.25) is 6.41 Å². The van der Waals surface area contributed by atoms with Crippen LogP contribution in [0, 0.1) is 0 Å². The maximum atomic E-state index is 8.58. The largest absolute Gasteiger partial charge is 0.372 e. The number of amides is 1. The fourth-order valence-electron chi connectivity index (χ4n) is 1.67. The number of nitrogens with two attached hydrogens (primary N) is 2. The lowest BCUT2D eigenvalue weighted by Gasteiger charge is -2.38. The van der Waals surface area contributed by atoms with Crippen LogP contribution in [0.4, 0.5) is 0 Å². The van der Waals surface area contributed by atoms with Crippen molar-refractivity contribution in [3.8, 4) is 0 Å². The van der Waals surface area contributed by atoms with Crippen molar-refractivity contribution in [1.82, 2.24) is 4.90 Å². The van der Waals surface area contributed by atoms with Gasteiger partial charge in [0.1, 0.15) is 0 Å². The molecule has 0 unspecified atom stereocenters. The van der Waals surface area contributed by atoms with Crippen LogP contribution >= 0.6 is 0 Å². The number of likely N-dealkylation sites (tertiary alicyclic amines) is 1. The fraction of sp³-hybridized carbons (Fsp3) is 0.900. The first-order valence-corrected chi connectivity index (χ1v) is 5.28. The number of hydrogen-bond donors (Lipinski definition) is 2. The topological polar surface area (TPSA) is 72.3 Å². The van der Waals surface area contributed by atoms with Crippen molar-refractivity contribution in [3.63, 3.8) is 0 Å². The third kappa shape index (κ3) is 4.58. The summed E-state index contributed by atoms with van der Waals surface area (Å²) in [5.74, 6) is 0. The predicted molar refractivity (Wildman–Crippen MR) is 58.8 cm³/mol. The second-order valence-corrected chi connectivity index (χ2v) is 3.79. The molecule has 1 saturated heterocycles. The minimum Gasteiger partial charge on any atom is -0.372 e. The lowest BCUT2D eigenvalue weighted by atomic mass is 9.86. The van der Waals surface area contributed by atoms with Gasteiger partial charge in [-0.3, -0.25) is 4.79 Å². The molecule has 0 spiro atoms. The van der Waals surface area contributed by atoms with Gasteiger partial charge in [0.25, 0.3) is 0 Å². The van der Waals surface area contributed by atoms with Gasteiger partial charge in [-0.25, -0.2) is 0 Å². The average Bonchev–Trinajstić information content (AvgIpc) is 2.20. The van der Waals surface area contributed by atoms with Crippen molar-refractivity contribution in [1.29, 1.82) is 0 Å². The summed E-state index contributed by atoms with van der Waals surface area (Å²) in [6.07, 6.45) is 3.74. The maximum Gasteiger partial charge on any atom is 0.204 e. The Morgan fingerprint density at radius 2 is 1.79 bits per heavy atom. The highest BCUT2D eigenvalue weighted by atomic mass is 16.1. The number of carbonyl (C=O) groups excluding carboxylic acids is 1. The molecule has 0 saturated carbocycles. The molecule has 0 aromatic rings. The smallest absolute Gasteiger partial charge is 0.204 e. The van der Waals surface area contributed by atoms with Crippen molar-refractivity contribution in [2.45, 2.75) is 38.6 Å². The Morgan fingerprint density at radius 1 is 1.36 bits per heavy atom. The van der Waals surface area contributed by atoms with E-state index in [0.29, 0.717) is 0 Å². The number of nitrogens with zero attached hydrogens (tertiary/aromatic N) is 1. The van der Waals surface area contributed by atoms with E-state index in [-0.39, 0.29) is 11.9 Å². The van der Waals surface area contributed by atoms with E-state index in [1.54, 1.807) is 0 Å². The number of hydrogen-bond acceptors (Lipinski definition) is 3. The van der Waals surface area contributed by atoms with Crippen LogP contribution in [0.2, 0.25) is 0 Å². The molecule has 0 aromatic carbocycles. The molecule has 4 nitrogen and oxygen atoms in total. The van der Waals surface area contributed by atoms with Crippen LogP contribution in [0.1, 0.15) is 33.1 Å². The van der Waals surface area contributed by atoms with Gasteiger partial charge >= 0.3 is 0 Å². The molecule has 0 aliphatic carbocycles. The van der Waals surface area contributed by atoms with Crippen LogP contribution < -0.4 is 11.5 Å². The van der Waals surface area contributed by atoms with E-state index in [1.807, 2.05) is 0 Å². The van der Waals surface area contributed by atoms with Crippen molar-refractivity contribution >= 4 is 6.41 Å². The van der Waals surface area contributed by atoms with Crippen molar-refractivity contribution in [2.75, 3.05) is 19.6 Å². The molecule has 1 aliphatic rings. The Kier molecular flexibility index (Phi) is 6.49. The van der Waals surface area contributed by atoms with Gasteiger partial charge in [-0.05, 0) is 38.9 Å². The van der Waals surface area contributed by atoms with E-state index in [1.165, 1.54) is 32.5 Å². The summed E-state index contributed by atoms with van der Waals surface area (Å²) >= 11 is 0. The van der Waals surface area contributed by atoms with Gasteiger partial charge in [0.15, 0.2) is 0 Å². The average molecular weight is 201 g/mol. The zero-order valence-corrected chi connectivity index (χ0v) is 9.33. The minimum absolute atomic E-state index is 0.158. The molecule has 1 amide bonds. The molecule has 0 bridgehead atoms. The third-order valence-electron chi connectivity index (χ3n) is 3.00. The van der Waals surface area contributed by atoms with E-state index >= 15 is 0 Å². The van der Waals surface area contributed by atoms with E-state index in [9.17, 15) is 0 Å². The van der Waals surface area contributed by atoms with E-state index in [2.05, 4.69) is 24.5 Å². The van der Waals surface area contributed by atoms with Gasteiger partial charge in [0, 0.05) is 5.54 Å². The van der Waals surface area contributed by atoms with E-state index < -0.39 is 0 Å². The van der Waals surface area contributed by atoms with Gasteiger partial charge < -0.3 is 16.4 Å². The second-order valence-electron chi connectivity index (χ2n) is 3.79. The van der Waals surface area contributed by atoms with Crippen LogP contribution in [-0.4, -0.2) is 36.5 Å². The van der Waals surface area contributed by atoms with Gasteiger partial charge in [-0.15, -0.1) is 0 Å². The summed E-state index contributed by atoms with van der Waals surface area (Å²) in [6, 6.07) is 0. The Morgan fingerprint density at radius 3 is 2.07 bits per heavy atom. The first-order chi connectivity index (χ1) is 6.61. The van der Waals surface area contributed by atoms with Crippen LogP contribution in [0.3, 0.4) is 0 Å². The Balaban J connectivity index is 0.000000500. The summed E-state index contributed by atoms with van der Waals surface area (Å²) < 4.78 is 0. The quantitative estimate of drug-likeness (QED) is 0.632. The monoisotopic (exact) mass is 201 g/mol. The minimum atomic E-state index is 0.158. The van der Waals surface area contributed by atoms with Crippen molar-refractivity contribution < 1.29 is 4.79 Å². The highest BCUT2D eigenvalue weighted by molar-refractivity contribution is 5.42. The summed E-state index contributed by atoms with van der Waals surface area (Å²) in [7, 11) is 0. The van der Waals surface area contributed by atoms with Crippen LogP contribution in [0.5, 0.6) is 0 Å². The molecule has 1 aliphatic heterocycles. The Bertz CT molecular complexity index is 153. The van der Waals surface area contributed by atoms with Crippen LogP contribution in [0.15, 0.2) is 0 Å². The third-order valence-corrected chi connectivity index (χ3v) is 3.00. The fourth-order valence-corrected chi connectivity index (χ4v) is 1.67. The summed E-state index contributed by atoms with van der Waals surface area (Å²) in [4.78, 5) is 11.1. The van der Waals surface area contributed by atoms with Crippen molar-refractivity contribution in [3.05, 3.63) is 0 Å². The molecule has 14 heavy (non-hydrogen) atoms. The molecule has 1 rings (SSSR count). The van der Waals surface area contributed by atoms with Gasteiger partial charge in [0.05, 0.1) is 0 Å². The Labute approximate surface area is 86.6 Å². The first-order valence-electron chi connectivity index (χ1n) is 5.28. The molecule has 1 fully saturated rings. The number of rotatable bonds is 2. The summed E-state index contributed by atoms with van der Waals surface area (Å²) in [5.41, 5.74) is 10.5. The van der Waals surface area contributed by atoms with Crippen molar-refractivity contribution in [2.24, 2.45) is 11.5 Å². The zero-order valence-electron chi connectivity index (χ0n) is 9.33. The molecule has 0 radical (unpaired) electrons. The normalized spacial score (nSPS) is 20.8. The van der Waals surface area contributed by atoms with Crippen LogP contribution in [0.25, 0.3) is 0 Å². The van der Waals surface area contributed by atoms with Gasteiger partial charge in [-0.1, -0.05) is 13.8 Å². The standard InChI is InChI=1S/C9H20N2.CH3NO/c1-3-9(10)5-7-11(4-2)8-6-9;2-1-3/h3-8,10H2,1-2H3;1H,(H2,2,3). The molecule has 4 N–H and O–H groups in total. The molecule has 1 heterocycles. The van der Waals surface area contributed by atoms with E-state index in [0.717, 1.165) is 6.42 Å². The maximum absolute atomic E-state index is 8.58. The van der Waals surface area contributed by atoms with Gasteiger partial charge in [-0.2, -0.15) is 0 Å². The number of carbonyl (C=O) groups is 1. The highest BCUT2D eigenvalue weighted by Crippen LogP contribution is 2.21. The molecular weight excluding hydrogens is 178 g/mol. The SMILES string of the molecule is CCN1CCC(N)(CC)CC1.NC=O. The molecule has 0 atom stereocenters. The summed E-state index contributed by atoms with van der Waals surface area (Å²) in [5, 5.41) is 0. The predicted octanol–water partition coefficient (Wildman–Crippen LogP) is 0.311. The number of piperidine rings is 1. The molecule has 4 heteroatoms. The van der Waals surface area contributed by atoms with Crippen LogP contribution in [-0.2, 0) is 4.79 Å². The molecular formula is C10H23N3O. The lowest BCUT2D eigenvalue weighted by Crippen LogP contribution is -2.49. The van der Waals surface area contributed by atoms with E-state index in [4.69, 9.17) is 10.5 Å². The highest BCUT2D eigenvalue weighted by Gasteiger charge is 2.27. The zero-order chi connectivity index (χ0) is 11.0. The molecule has 0 aromatic heterocycles. The summed E-state index contributed by atoms with van der Waals surface area (Å²) in [6.45, 7) is 7.98. The molecule has 84 valence electrons.